The Morgan fingerprint density at radius 1 is 1.37 bits per heavy atom. The molecule has 1 aromatic carbocycles. The second-order valence-corrected chi connectivity index (χ2v) is 8.88. The Morgan fingerprint density at radius 3 is 2.78 bits per heavy atom. The molecular formula is C20H26BrN3O3. The van der Waals surface area contributed by atoms with Gasteiger partial charge in [-0.1, -0.05) is 29.8 Å². The maximum absolute atomic E-state index is 13.0. The number of amides is 1. The summed E-state index contributed by atoms with van der Waals surface area (Å²) in [6.07, 6.45) is 2.25. The Balaban J connectivity index is 1.89. The zero-order valence-electron chi connectivity index (χ0n) is 16.2. The van der Waals surface area contributed by atoms with Crippen LogP contribution in [-0.2, 0) is 9.53 Å². The van der Waals surface area contributed by atoms with E-state index in [1.54, 1.807) is 0 Å². The molecule has 0 aliphatic carbocycles. The predicted molar refractivity (Wildman–Crippen MR) is 110 cm³/mol. The molecular weight excluding hydrogens is 410 g/mol. The molecule has 27 heavy (non-hydrogen) atoms. The highest BCUT2D eigenvalue weighted by Crippen LogP contribution is 2.32. The largest absolute Gasteiger partial charge is 0.464 e. The second kappa shape index (κ2) is 7.64. The van der Waals surface area contributed by atoms with Crippen molar-refractivity contribution in [3.8, 4) is 0 Å². The number of methoxy groups -OCH3 is 1. The molecule has 0 radical (unpaired) electrons. The summed E-state index contributed by atoms with van der Waals surface area (Å²) in [5, 5.41) is 3.73. The highest BCUT2D eigenvalue weighted by atomic mass is 79.9. The maximum atomic E-state index is 13.0. The molecule has 1 atom stereocenters. The second-order valence-electron chi connectivity index (χ2n) is 7.96. The number of hydrogen-bond donors (Lipinski definition) is 2. The van der Waals surface area contributed by atoms with Crippen LogP contribution in [0.1, 0.15) is 44.1 Å². The van der Waals surface area contributed by atoms with Crippen LogP contribution in [0.15, 0.2) is 22.7 Å². The lowest BCUT2D eigenvalue weighted by Gasteiger charge is -2.40. The molecule has 2 N–H and O–H groups in total. The highest BCUT2D eigenvalue weighted by molar-refractivity contribution is 9.10. The van der Waals surface area contributed by atoms with Gasteiger partial charge < -0.3 is 15.0 Å². The molecule has 146 valence electrons. The zero-order valence-corrected chi connectivity index (χ0v) is 17.8. The lowest BCUT2D eigenvalue weighted by molar-refractivity contribution is -0.121. The number of nitrogens with one attached hydrogen (secondary N) is 2. The van der Waals surface area contributed by atoms with Gasteiger partial charge in [-0.25, -0.2) is 4.79 Å². The van der Waals surface area contributed by atoms with E-state index >= 15 is 0 Å². The van der Waals surface area contributed by atoms with E-state index in [2.05, 4.69) is 45.0 Å². The Bertz CT molecular complexity index is 875. The van der Waals surface area contributed by atoms with Crippen molar-refractivity contribution in [3.63, 3.8) is 0 Å². The third-order valence-corrected chi connectivity index (χ3v) is 5.75. The first kappa shape index (κ1) is 19.9. The topological polar surface area (TPSA) is 74.4 Å². The minimum Gasteiger partial charge on any atom is -0.464 e. The SMILES string of the molecule is COC(=O)c1[nH]c2ccc(Br)cc2c1NC(=O)[C@H](C)N1CCCC(C)(C)C1. The third-order valence-electron chi connectivity index (χ3n) is 5.26. The fourth-order valence-corrected chi connectivity index (χ4v) is 4.10. The van der Waals surface area contributed by atoms with Crippen molar-refractivity contribution < 1.29 is 14.3 Å². The van der Waals surface area contributed by atoms with Crippen LogP contribution in [0.2, 0.25) is 0 Å². The van der Waals surface area contributed by atoms with E-state index in [-0.39, 0.29) is 23.1 Å². The van der Waals surface area contributed by atoms with Gasteiger partial charge in [-0.05, 0) is 49.9 Å². The summed E-state index contributed by atoms with van der Waals surface area (Å²) in [6, 6.07) is 5.33. The summed E-state index contributed by atoms with van der Waals surface area (Å²) >= 11 is 3.45. The number of H-pyrrole nitrogens is 1. The van der Waals surface area contributed by atoms with E-state index in [1.165, 1.54) is 13.5 Å². The molecule has 6 nitrogen and oxygen atoms in total. The number of benzene rings is 1. The molecule has 0 unspecified atom stereocenters. The minimum absolute atomic E-state index is 0.126. The number of anilines is 1. The van der Waals surface area contributed by atoms with Crippen LogP contribution in [0.3, 0.4) is 0 Å². The molecule has 2 heterocycles. The molecule has 0 spiro atoms. The molecule has 1 aliphatic heterocycles. The number of carbonyl (C=O) groups excluding carboxylic acids is 2. The van der Waals surface area contributed by atoms with Crippen LogP contribution in [0.25, 0.3) is 10.9 Å². The predicted octanol–water partition coefficient (Wildman–Crippen LogP) is 4.17. The Kier molecular flexibility index (Phi) is 5.63. The van der Waals surface area contributed by atoms with E-state index in [9.17, 15) is 9.59 Å². The molecule has 1 amide bonds. The number of hydrogen-bond acceptors (Lipinski definition) is 4. The number of aromatic nitrogens is 1. The summed E-state index contributed by atoms with van der Waals surface area (Å²) in [7, 11) is 1.33. The summed E-state index contributed by atoms with van der Waals surface area (Å²) in [5.41, 5.74) is 1.69. The smallest absolute Gasteiger partial charge is 0.356 e. The summed E-state index contributed by atoms with van der Waals surface area (Å²) in [5.74, 6) is -0.636. The normalized spacial score (nSPS) is 18.3. The van der Waals surface area contributed by atoms with Gasteiger partial charge in [-0.2, -0.15) is 0 Å². The van der Waals surface area contributed by atoms with E-state index in [1.807, 2.05) is 25.1 Å². The molecule has 3 rings (SSSR count). The number of ether oxygens (including phenoxy) is 1. The first-order valence-electron chi connectivity index (χ1n) is 9.16. The lowest BCUT2D eigenvalue weighted by atomic mass is 9.83. The number of aromatic amines is 1. The molecule has 1 saturated heterocycles. The fourth-order valence-electron chi connectivity index (χ4n) is 3.74. The summed E-state index contributed by atoms with van der Waals surface area (Å²) in [4.78, 5) is 30.4. The van der Waals surface area contributed by atoms with E-state index < -0.39 is 5.97 Å². The first-order valence-corrected chi connectivity index (χ1v) is 9.95. The third kappa shape index (κ3) is 4.19. The molecule has 2 aromatic rings. The van der Waals surface area contributed by atoms with Crippen LogP contribution in [0.4, 0.5) is 5.69 Å². The monoisotopic (exact) mass is 435 g/mol. The van der Waals surface area contributed by atoms with Gasteiger partial charge in [0.25, 0.3) is 0 Å². The van der Waals surface area contributed by atoms with Gasteiger partial charge in [-0.3, -0.25) is 9.69 Å². The van der Waals surface area contributed by atoms with Gasteiger partial charge in [0.2, 0.25) is 5.91 Å². The molecule has 1 aromatic heterocycles. The molecule has 1 aliphatic rings. The van der Waals surface area contributed by atoms with Crippen LogP contribution in [0, 0.1) is 5.41 Å². The van der Waals surface area contributed by atoms with Crippen molar-refractivity contribution in [2.75, 3.05) is 25.5 Å². The molecule has 7 heteroatoms. The number of nitrogens with zero attached hydrogens (tertiary/aromatic N) is 1. The average Bonchev–Trinajstić information content (AvgIpc) is 2.97. The van der Waals surface area contributed by atoms with Gasteiger partial charge in [0.15, 0.2) is 0 Å². The van der Waals surface area contributed by atoms with Crippen LogP contribution < -0.4 is 5.32 Å². The van der Waals surface area contributed by atoms with E-state index in [4.69, 9.17) is 4.74 Å². The van der Waals surface area contributed by atoms with Crippen LogP contribution in [-0.4, -0.2) is 48.0 Å². The molecule has 0 saturated carbocycles. The molecule has 1 fully saturated rings. The van der Waals surface area contributed by atoms with Gasteiger partial charge in [0, 0.05) is 21.9 Å². The highest BCUT2D eigenvalue weighted by Gasteiger charge is 2.32. The Hall–Kier alpha value is -1.86. The van der Waals surface area contributed by atoms with Gasteiger partial charge in [0.1, 0.15) is 5.69 Å². The fraction of sp³-hybridized carbons (Fsp3) is 0.500. The van der Waals surface area contributed by atoms with Crippen LogP contribution >= 0.6 is 15.9 Å². The maximum Gasteiger partial charge on any atom is 0.356 e. The average molecular weight is 436 g/mol. The number of piperidine rings is 1. The minimum atomic E-state index is -0.510. The van der Waals surface area contributed by atoms with E-state index in [0.29, 0.717) is 5.69 Å². The van der Waals surface area contributed by atoms with Crippen molar-refractivity contribution in [1.29, 1.82) is 0 Å². The Morgan fingerprint density at radius 2 is 2.11 bits per heavy atom. The van der Waals surface area contributed by atoms with E-state index in [0.717, 1.165) is 34.9 Å². The lowest BCUT2D eigenvalue weighted by Crippen LogP contribution is -2.49. The first-order chi connectivity index (χ1) is 12.7. The Labute approximate surface area is 167 Å². The van der Waals surface area contributed by atoms with Crippen molar-refractivity contribution in [2.45, 2.75) is 39.7 Å². The van der Waals surface area contributed by atoms with Crippen molar-refractivity contribution >= 4 is 44.4 Å². The number of esters is 1. The number of carbonyl (C=O) groups is 2. The number of likely N-dealkylation sites (tertiary alicyclic amines) is 1. The van der Waals surface area contributed by atoms with Gasteiger partial charge in [-0.15, -0.1) is 0 Å². The quantitative estimate of drug-likeness (QED) is 0.706. The summed E-state index contributed by atoms with van der Waals surface area (Å²) < 4.78 is 5.75. The standard InChI is InChI=1S/C20H26BrN3O3/c1-12(24-9-5-8-20(2,3)11-24)18(25)23-16-14-10-13(21)6-7-15(14)22-17(16)19(26)27-4/h6-7,10,12,22H,5,8-9,11H2,1-4H3,(H,23,25)/t12-/m0/s1. The summed E-state index contributed by atoms with van der Waals surface area (Å²) in [6.45, 7) is 8.16. The zero-order chi connectivity index (χ0) is 19.8. The number of fused-ring (bicyclic) bond motifs is 1. The van der Waals surface area contributed by atoms with Crippen LogP contribution in [0.5, 0.6) is 0 Å². The molecule has 0 bridgehead atoms. The number of halogens is 1. The van der Waals surface area contributed by atoms with Gasteiger partial charge in [0.05, 0.1) is 18.8 Å². The van der Waals surface area contributed by atoms with Gasteiger partial charge >= 0.3 is 5.97 Å². The van der Waals surface area contributed by atoms with Crippen molar-refractivity contribution in [3.05, 3.63) is 28.4 Å². The van der Waals surface area contributed by atoms with Crippen molar-refractivity contribution in [1.82, 2.24) is 9.88 Å². The number of rotatable bonds is 4. The van der Waals surface area contributed by atoms with Crippen molar-refractivity contribution in [2.24, 2.45) is 5.41 Å².